The topological polar surface area (TPSA) is 57.5 Å². The first-order chi connectivity index (χ1) is 7.33. The summed E-state index contributed by atoms with van der Waals surface area (Å²) in [7, 11) is 0. The fourth-order valence-electron chi connectivity index (χ4n) is 1.37. The van der Waals surface area contributed by atoms with E-state index in [0.29, 0.717) is 5.56 Å². The van der Waals surface area contributed by atoms with E-state index in [2.05, 4.69) is 0 Å². The van der Waals surface area contributed by atoms with Crippen molar-refractivity contribution < 1.29 is 19.4 Å². The highest BCUT2D eigenvalue weighted by molar-refractivity contribution is 5.73. The number of carboxylic acid groups (broad SMARTS) is 1. The highest BCUT2D eigenvalue weighted by Gasteiger charge is 2.30. The summed E-state index contributed by atoms with van der Waals surface area (Å²) in [6, 6.07) is 5.40. The van der Waals surface area contributed by atoms with Crippen molar-refractivity contribution in [1.29, 1.82) is 0 Å². The summed E-state index contributed by atoms with van der Waals surface area (Å²) in [5, 5.41) is 18.7. The quantitative estimate of drug-likeness (QED) is 0.828. The molecule has 1 aromatic rings. The maximum atomic E-state index is 12.6. The summed E-state index contributed by atoms with van der Waals surface area (Å²) in [5.41, 5.74) is -0.482. The Balaban J connectivity index is 2.76. The van der Waals surface area contributed by atoms with Crippen LogP contribution in [0.3, 0.4) is 0 Å². The summed E-state index contributed by atoms with van der Waals surface area (Å²) in [6.45, 7) is 3.09. The zero-order valence-corrected chi connectivity index (χ0v) is 9.27. The number of hydrogen-bond acceptors (Lipinski definition) is 2. The van der Waals surface area contributed by atoms with Crippen LogP contribution in [0.4, 0.5) is 4.39 Å². The highest BCUT2D eigenvalue weighted by atomic mass is 19.1. The molecule has 16 heavy (non-hydrogen) atoms. The largest absolute Gasteiger partial charge is 0.481 e. The van der Waals surface area contributed by atoms with Crippen molar-refractivity contribution in [2.45, 2.75) is 26.4 Å². The maximum Gasteiger partial charge on any atom is 0.309 e. The van der Waals surface area contributed by atoms with Gasteiger partial charge in [-0.1, -0.05) is 12.1 Å². The second kappa shape index (κ2) is 4.61. The van der Waals surface area contributed by atoms with Crippen LogP contribution in [0.25, 0.3) is 0 Å². The number of benzene rings is 1. The van der Waals surface area contributed by atoms with Crippen LogP contribution < -0.4 is 0 Å². The van der Waals surface area contributed by atoms with Crippen LogP contribution in [0.15, 0.2) is 24.3 Å². The van der Waals surface area contributed by atoms with Crippen LogP contribution >= 0.6 is 0 Å². The maximum absolute atomic E-state index is 12.6. The van der Waals surface area contributed by atoms with Crippen molar-refractivity contribution in [3.63, 3.8) is 0 Å². The van der Waals surface area contributed by atoms with Crippen molar-refractivity contribution in [2.24, 2.45) is 5.41 Å². The van der Waals surface area contributed by atoms with Gasteiger partial charge < -0.3 is 10.2 Å². The molecule has 0 amide bonds. The van der Waals surface area contributed by atoms with Gasteiger partial charge in [0.05, 0.1) is 11.5 Å². The number of carboxylic acids is 1. The predicted molar refractivity (Wildman–Crippen MR) is 57.4 cm³/mol. The lowest BCUT2D eigenvalue weighted by Gasteiger charge is -2.22. The number of aliphatic carboxylic acids is 1. The molecule has 88 valence electrons. The van der Waals surface area contributed by atoms with Crippen molar-refractivity contribution in [1.82, 2.24) is 0 Å². The van der Waals surface area contributed by atoms with Gasteiger partial charge in [-0.15, -0.1) is 0 Å². The molecule has 0 bridgehead atoms. The Morgan fingerprint density at radius 2 is 1.88 bits per heavy atom. The van der Waals surface area contributed by atoms with Crippen LogP contribution in [0.2, 0.25) is 0 Å². The lowest BCUT2D eigenvalue weighted by Crippen LogP contribution is -2.26. The second-order valence-corrected chi connectivity index (χ2v) is 4.46. The third-order valence-electron chi connectivity index (χ3n) is 2.54. The summed E-state index contributed by atoms with van der Waals surface area (Å²) in [5.74, 6) is -1.35. The number of rotatable bonds is 4. The second-order valence-electron chi connectivity index (χ2n) is 4.46. The molecule has 0 aliphatic rings. The summed E-state index contributed by atoms with van der Waals surface area (Å²) in [4.78, 5) is 10.9. The zero-order chi connectivity index (χ0) is 12.3. The predicted octanol–water partition coefficient (Wildman–Crippen LogP) is 2.36. The summed E-state index contributed by atoms with van der Waals surface area (Å²) < 4.78 is 12.6. The van der Waals surface area contributed by atoms with Gasteiger partial charge in [0.15, 0.2) is 0 Å². The molecule has 1 unspecified atom stereocenters. The molecule has 1 aromatic carbocycles. The van der Waals surface area contributed by atoms with Crippen LogP contribution in [-0.4, -0.2) is 16.2 Å². The van der Waals surface area contributed by atoms with E-state index in [-0.39, 0.29) is 12.2 Å². The number of hydrogen-bond donors (Lipinski definition) is 2. The molecule has 4 heteroatoms. The van der Waals surface area contributed by atoms with Crippen molar-refractivity contribution in [2.75, 3.05) is 0 Å². The Kier molecular flexibility index (Phi) is 3.65. The minimum Gasteiger partial charge on any atom is -0.481 e. The lowest BCUT2D eigenvalue weighted by molar-refractivity contribution is -0.148. The molecule has 0 radical (unpaired) electrons. The summed E-state index contributed by atoms with van der Waals surface area (Å²) in [6.07, 6.45) is -0.805. The Labute approximate surface area is 93.5 Å². The van der Waals surface area contributed by atoms with Gasteiger partial charge in [0, 0.05) is 0 Å². The molecule has 0 fully saturated rings. The third kappa shape index (κ3) is 3.03. The molecule has 0 heterocycles. The molecule has 0 spiro atoms. The van der Waals surface area contributed by atoms with Gasteiger partial charge in [-0.3, -0.25) is 4.79 Å². The Hall–Kier alpha value is -1.42. The molecule has 3 nitrogen and oxygen atoms in total. The molecule has 1 rings (SSSR count). The number of aliphatic hydroxyl groups excluding tert-OH is 1. The number of carbonyl (C=O) groups is 1. The van der Waals surface area contributed by atoms with E-state index in [1.54, 1.807) is 13.8 Å². The van der Waals surface area contributed by atoms with E-state index in [1.165, 1.54) is 24.3 Å². The van der Waals surface area contributed by atoms with Gasteiger partial charge in [-0.2, -0.15) is 0 Å². The average Bonchev–Trinajstić information content (AvgIpc) is 2.17. The van der Waals surface area contributed by atoms with Crippen LogP contribution in [-0.2, 0) is 4.79 Å². The first kappa shape index (κ1) is 12.6. The Bertz CT molecular complexity index is 370. The van der Waals surface area contributed by atoms with Gasteiger partial charge in [0.25, 0.3) is 0 Å². The molecule has 0 aliphatic heterocycles. The molecule has 0 saturated heterocycles. The SMILES string of the molecule is CC(C)(CC(O)c1ccc(F)cc1)C(=O)O. The molecule has 2 N–H and O–H groups in total. The minimum atomic E-state index is -1.01. The zero-order valence-electron chi connectivity index (χ0n) is 9.27. The van der Waals surface area contributed by atoms with Gasteiger partial charge in [-0.25, -0.2) is 4.39 Å². The van der Waals surface area contributed by atoms with Crippen LogP contribution in [0.5, 0.6) is 0 Å². The minimum absolute atomic E-state index is 0.0912. The van der Waals surface area contributed by atoms with E-state index in [4.69, 9.17) is 5.11 Å². The molecule has 0 aromatic heterocycles. The standard InChI is InChI=1S/C12H15FO3/c1-12(2,11(15)16)7-10(14)8-3-5-9(13)6-4-8/h3-6,10,14H,7H2,1-2H3,(H,15,16). The first-order valence-corrected chi connectivity index (χ1v) is 5.00. The van der Waals surface area contributed by atoms with Crippen molar-refractivity contribution >= 4 is 5.97 Å². The number of halogens is 1. The first-order valence-electron chi connectivity index (χ1n) is 5.00. The lowest BCUT2D eigenvalue weighted by atomic mass is 9.85. The molecule has 0 saturated carbocycles. The fourth-order valence-corrected chi connectivity index (χ4v) is 1.37. The molecule has 0 aliphatic carbocycles. The van der Waals surface area contributed by atoms with Gasteiger partial charge in [0.1, 0.15) is 5.82 Å². The highest BCUT2D eigenvalue weighted by Crippen LogP contribution is 2.30. The molecular formula is C12H15FO3. The molecular weight excluding hydrogens is 211 g/mol. The van der Waals surface area contributed by atoms with E-state index < -0.39 is 17.5 Å². The Morgan fingerprint density at radius 3 is 2.31 bits per heavy atom. The third-order valence-corrected chi connectivity index (χ3v) is 2.54. The van der Waals surface area contributed by atoms with Gasteiger partial charge in [-0.05, 0) is 38.0 Å². The Morgan fingerprint density at radius 1 is 1.38 bits per heavy atom. The van der Waals surface area contributed by atoms with E-state index in [9.17, 15) is 14.3 Å². The van der Waals surface area contributed by atoms with Crippen molar-refractivity contribution in [3.05, 3.63) is 35.6 Å². The normalized spacial score (nSPS) is 13.5. The summed E-state index contributed by atoms with van der Waals surface area (Å²) >= 11 is 0. The fraction of sp³-hybridized carbons (Fsp3) is 0.417. The van der Waals surface area contributed by atoms with Crippen LogP contribution in [0, 0.1) is 11.2 Å². The van der Waals surface area contributed by atoms with E-state index in [0.717, 1.165) is 0 Å². The molecule has 1 atom stereocenters. The van der Waals surface area contributed by atoms with E-state index >= 15 is 0 Å². The van der Waals surface area contributed by atoms with E-state index in [1.807, 2.05) is 0 Å². The smallest absolute Gasteiger partial charge is 0.309 e. The average molecular weight is 226 g/mol. The van der Waals surface area contributed by atoms with Crippen LogP contribution in [0.1, 0.15) is 31.9 Å². The number of aliphatic hydroxyl groups is 1. The van der Waals surface area contributed by atoms with Gasteiger partial charge >= 0.3 is 5.97 Å². The van der Waals surface area contributed by atoms with Crippen molar-refractivity contribution in [3.8, 4) is 0 Å². The van der Waals surface area contributed by atoms with Gasteiger partial charge in [0.2, 0.25) is 0 Å². The monoisotopic (exact) mass is 226 g/mol.